The van der Waals surface area contributed by atoms with E-state index < -0.39 is 0 Å². The number of hydrogen-bond donors (Lipinski definition) is 0. The molecule has 0 bridgehead atoms. The van der Waals surface area contributed by atoms with Crippen LogP contribution in [0.3, 0.4) is 0 Å². The lowest BCUT2D eigenvalue weighted by Crippen LogP contribution is -2.11. The Bertz CT molecular complexity index is 378. The summed E-state index contributed by atoms with van der Waals surface area (Å²) in [6.07, 6.45) is 1.96. The minimum atomic E-state index is -0.337. The van der Waals surface area contributed by atoms with Crippen LogP contribution < -0.4 is 0 Å². The number of hydrogen-bond acceptors (Lipinski definition) is 3. The van der Waals surface area contributed by atoms with Gasteiger partial charge >= 0.3 is 0 Å². The molecule has 2 nitrogen and oxygen atoms in total. The molecule has 0 N–H and O–H groups in total. The molecule has 1 aromatic heterocycles. The third-order valence-electron chi connectivity index (χ3n) is 2.02. The van der Waals surface area contributed by atoms with E-state index in [0.717, 1.165) is 0 Å². The molecule has 68 valence electrons. The number of rotatable bonds is 0. The number of fused-ring (bicyclic) bond motifs is 1. The molecule has 0 saturated carbocycles. The molecule has 0 amide bonds. The number of thioether (sulfide) groups is 1. The number of aryl methyl sites for hydroxylation is 1. The lowest BCUT2D eigenvalue weighted by molar-refractivity contribution is 0.0983. The number of aromatic nitrogens is 1. The number of nitrogens with zero attached hydrogens (tertiary/aromatic N) is 1. The van der Waals surface area contributed by atoms with Crippen molar-refractivity contribution in [2.75, 3.05) is 5.75 Å². The molecule has 2 rings (SSSR count). The van der Waals surface area contributed by atoms with E-state index in [-0.39, 0.29) is 11.6 Å². The van der Waals surface area contributed by atoms with Crippen molar-refractivity contribution in [1.29, 1.82) is 0 Å². The summed E-state index contributed by atoms with van der Waals surface area (Å²) >= 11 is 1.40. The van der Waals surface area contributed by atoms with E-state index in [1.165, 1.54) is 18.0 Å². The monoisotopic (exact) mass is 197 g/mol. The second-order valence-electron chi connectivity index (χ2n) is 2.92. The number of halogens is 1. The molecular formula is C9H8FNOS. The average Bonchev–Trinajstić information content (AvgIpc) is 2.12. The summed E-state index contributed by atoms with van der Waals surface area (Å²) in [7, 11) is 0. The first-order chi connectivity index (χ1) is 6.20. The second kappa shape index (κ2) is 3.10. The number of pyridine rings is 1. The van der Waals surface area contributed by atoms with Crippen LogP contribution in [0, 0.1) is 12.7 Å². The van der Waals surface area contributed by atoms with Crippen LogP contribution in [0.5, 0.6) is 0 Å². The van der Waals surface area contributed by atoms with E-state index in [9.17, 15) is 9.18 Å². The summed E-state index contributed by atoms with van der Waals surface area (Å²) in [5, 5.41) is 0. The number of ketones is 1. The highest BCUT2D eigenvalue weighted by Gasteiger charge is 2.22. The standard InChI is InChI=1S/C9H8FNOS/c1-5-8(10)9-6(4-11-5)7(12)2-3-13-9/h4H,2-3H2,1H3. The van der Waals surface area contributed by atoms with Crippen molar-refractivity contribution in [2.24, 2.45) is 0 Å². The molecule has 1 aromatic rings. The molecule has 0 aromatic carbocycles. The Morgan fingerprint density at radius 1 is 1.62 bits per heavy atom. The van der Waals surface area contributed by atoms with Crippen LogP contribution >= 0.6 is 11.8 Å². The Kier molecular flexibility index (Phi) is 2.07. The molecule has 1 aliphatic rings. The molecule has 0 radical (unpaired) electrons. The van der Waals surface area contributed by atoms with Crippen LogP contribution in [0.2, 0.25) is 0 Å². The fraction of sp³-hybridized carbons (Fsp3) is 0.333. The van der Waals surface area contributed by atoms with Gasteiger partial charge in [0.05, 0.1) is 16.2 Å². The Balaban J connectivity index is 2.63. The Hall–Kier alpha value is -0.900. The van der Waals surface area contributed by atoms with E-state index in [4.69, 9.17) is 0 Å². The van der Waals surface area contributed by atoms with Gasteiger partial charge in [0, 0.05) is 18.4 Å². The first-order valence-corrected chi connectivity index (χ1v) is 5.00. The van der Waals surface area contributed by atoms with Gasteiger partial charge in [-0.2, -0.15) is 0 Å². The van der Waals surface area contributed by atoms with Gasteiger partial charge < -0.3 is 0 Å². The SMILES string of the molecule is Cc1ncc2c(c1F)SCCC2=O. The third kappa shape index (κ3) is 1.35. The molecule has 0 spiro atoms. The van der Waals surface area contributed by atoms with Gasteiger partial charge in [0.15, 0.2) is 11.6 Å². The van der Waals surface area contributed by atoms with Crippen LogP contribution in [-0.2, 0) is 0 Å². The van der Waals surface area contributed by atoms with Crippen LogP contribution in [-0.4, -0.2) is 16.5 Å². The van der Waals surface area contributed by atoms with Crippen molar-refractivity contribution in [3.8, 4) is 0 Å². The van der Waals surface area contributed by atoms with E-state index in [1.807, 2.05) is 0 Å². The van der Waals surface area contributed by atoms with Crippen molar-refractivity contribution in [3.05, 3.63) is 23.3 Å². The highest BCUT2D eigenvalue weighted by Crippen LogP contribution is 2.32. The van der Waals surface area contributed by atoms with Crippen molar-refractivity contribution >= 4 is 17.5 Å². The Morgan fingerprint density at radius 3 is 3.15 bits per heavy atom. The summed E-state index contributed by atoms with van der Waals surface area (Å²) in [5.74, 6) is 0.336. The summed E-state index contributed by atoms with van der Waals surface area (Å²) in [6, 6.07) is 0. The molecule has 0 atom stereocenters. The van der Waals surface area contributed by atoms with Gasteiger partial charge in [-0.05, 0) is 6.92 Å². The topological polar surface area (TPSA) is 30.0 Å². The minimum Gasteiger partial charge on any atom is -0.294 e. The maximum atomic E-state index is 13.4. The summed E-state index contributed by atoms with van der Waals surface area (Å²) in [4.78, 5) is 15.6. The average molecular weight is 197 g/mol. The largest absolute Gasteiger partial charge is 0.294 e. The zero-order valence-electron chi connectivity index (χ0n) is 7.13. The Labute approximate surface area is 79.6 Å². The molecule has 4 heteroatoms. The van der Waals surface area contributed by atoms with E-state index in [1.54, 1.807) is 6.92 Å². The quantitative estimate of drug-likeness (QED) is 0.638. The molecular weight excluding hydrogens is 189 g/mol. The van der Waals surface area contributed by atoms with E-state index in [2.05, 4.69) is 4.98 Å². The van der Waals surface area contributed by atoms with Gasteiger partial charge in [-0.25, -0.2) is 4.39 Å². The van der Waals surface area contributed by atoms with Gasteiger partial charge in [-0.15, -0.1) is 11.8 Å². The van der Waals surface area contributed by atoms with Crippen molar-refractivity contribution in [2.45, 2.75) is 18.2 Å². The lowest BCUT2D eigenvalue weighted by atomic mass is 10.1. The van der Waals surface area contributed by atoms with E-state index in [0.29, 0.717) is 28.3 Å². The fourth-order valence-corrected chi connectivity index (χ4v) is 2.37. The second-order valence-corrected chi connectivity index (χ2v) is 4.03. The summed E-state index contributed by atoms with van der Waals surface area (Å²) in [6.45, 7) is 1.61. The first kappa shape index (κ1) is 8.69. The summed E-state index contributed by atoms with van der Waals surface area (Å²) < 4.78 is 13.4. The van der Waals surface area contributed by atoms with Gasteiger partial charge in [-0.3, -0.25) is 9.78 Å². The highest BCUT2D eigenvalue weighted by atomic mass is 32.2. The van der Waals surface area contributed by atoms with Gasteiger partial charge in [0.1, 0.15) is 0 Å². The van der Waals surface area contributed by atoms with Crippen LogP contribution in [0.1, 0.15) is 22.5 Å². The fourth-order valence-electron chi connectivity index (χ4n) is 1.28. The zero-order valence-corrected chi connectivity index (χ0v) is 7.95. The molecule has 0 fully saturated rings. The molecule has 0 saturated heterocycles. The Morgan fingerprint density at radius 2 is 2.38 bits per heavy atom. The van der Waals surface area contributed by atoms with Gasteiger partial charge in [0.2, 0.25) is 0 Å². The third-order valence-corrected chi connectivity index (χ3v) is 3.12. The molecule has 1 aliphatic heterocycles. The molecule has 0 unspecified atom stereocenters. The predicted octanol–water partition coefficient (Wildman–Crippen LogP) is 2.21. The van der Waals surface area contributed by atoms with Crippen LogP contribution in [0.25, 0.3) is 0 Å². The van der Waals surface area contributed by atoms with Crippen molar-refractivity contribution in [1.82, 2.24) is 4.98 Å². The zero-order chi connectivity index (χ0) is 9.42. The van der Waals surface area contributed by atoms with Crippen molar-refractivity contribution in [3.63, 3.8) is 0 Å². The van der Waals surface area contributed by atoms with Crippen LogP contribution in [0.4, 0.5) is 4.39 Å². The van der Waals surface area contributed by atoms with Crippen molar-refractivity contribution < 1.29 is 9.18 Å². The van der Waals surface area contributed by atoms with Gasteiger partial charge in [-0.1, -0.05) is 0 Å². The molecule has 13 heavy (non-hydrogen) atoms. The predicted molar refractivity (Wildman–Crippen MR) is 48.6 cm³/mol. The van der Waals surface area contributed by atoms with Crippen LogP contribution in [0.15, 0.2) is 11.1 Å². The lowest BCUT2D eigenvalue weighted by Gasteiger charge is -2.14. The number of Topliss-reactive ketones (excluding diaryl/α,β-unsaturated/α-hetero) is 1. The van der Waals surface area contributed by atoms with Gasteiger partial charge in [0.25, 0.3) is 0 Å². The molecule has 0 aliphatic carbocycles. The van der Waals surface area contributed by atoms with E-state index >= 15 is 0 Å². The number of carbonyl (C=O) groups is 1. The normalized spacial score (nSPS) is 15.7. The number of carbonyl (C=O) groups excluding carboxylic acids is 1. The maximum Gasteiger partial charge on any atom is 0.166 e. The maximum absolute atomic E-state index is 13.4. The molecule has 2 heterocycles. The summed E-state index contributed by atoms with van der Waals surface area (Å²) in [5.41, 5.74) is 0.806. The smallest absolute Gasteiger partial charge is 0.166 e. The first-order valence-electron chi connectivity index (χ1n) is 4.01. The highest BCUT2D eigenvalue weighted by molar-refractivity contribution is 7.99. The minimum absolute atomic E-state index is 0.000139.